The van der Waals surface area contributed by atoms with Crippen LogP contribution in [-0.2, 0) is 6.42 Å². The van der Waals surface area contributed by atoms with Gasteiger partial charge in [0.15, 0.2) is 0 Å². The highest BCUT2D eigenvalue weighted by molar-refractivity contribution is 5.74. The summed E-state index contributed by atoms with van der Waals surface area (Å²) in [6.45, 7) is 6.13. The number of aliphatic hydroxyl groups excluding tert-OH is 1. The molecule has 1 rings (SSSR count). The molecule has 3 N–H and O–H groups in total. The lowest BCUT2D eigenvalue weighted by molar-refractivity contribution is 0.146. The molecule has 5 heteroatoms. The van der Waals surface area contributed by atoms with Crippen molar-refractivity contribution >= 4 is 6.03 Å². The fourth-order valence-corrected chi connectivity index (χ4v) is 2.18. The van der Waals surface area contributed by atoms with Crippen LogP contribution in [-0.4, -0.2) is 29.8 Å². The molecule has 21 heavy (non-hydrogen) atoms. The van der Waals surface area contributed by atoms with E-state index in [2.05, 4.69) is 10.6 Å². The Morgan fingerprint density at radius 1 is 1.33 bits per heavy atom. The number of rotatable bonds is 7. The zero-order valence-electron chi connectivity index (χ0n) is 12.9. The molecule has 0 aliphatic heterocycles. The molecule has 0 saturated heterocycles. The van der Waals surface area contributed by atoms with Gasteiger partial charge in [-0.05, 0) is 43.4 Å². The third kappa shape index (κ3) is 7.66. The summed E-state index contributed by atoms with van der Waals surface area (Å²) < 4.78 is 13.1. The minimum atomic E-state index is -0.533. The van der Waals surface area contributed by atoms with Crippen LogP contribution >= 0.6 is 0 Å². The van der Waals surface area contributed by atoms with E-state index in [4.69, 9.17) is 0 Å². The fraction of sp³-hybridized carbons (Fsp3) is 0.562. The van der Waals surface area contributed by atoms with Crippen LogP contribution in [0.15, 0.2) is 24.3 Å². The highest BCUT2D eigenvalue weighted by Gasteiger charge is 2.11. The largest absolute Gasteiger partial charge is 0.391 e. The first-order chi connectivity index (χ1) is 9.86. The summed E-state index contributed by atoms with van der Waals surface area (Å²) in [5.41, 5.74) is 0.836. The number of hydrogen-bond donors (Lipinski definition) is 3. The molecule has 0 heterocycles. The van der Waals surface area contributed by atoms with Crippen molar-refractivity contribution in [1.82, 2.24) is 10.6 Å². The third-order valence-electron chi connectivity index (χ3n) is 3.05. The second-order valence-corrected chi connectivity index (χ2v) is 5.87. The molecule has 2 amide bonds. The van der Waals surface area contributed by atoms with E-state index in [0.29, 0.717) is 18.8 Å². The van der Waals surface area contributed by atoms with Gasteiger partial charge in [-0.3, -0.25) is 0 Å². The van der Waals surface area contributed by atoms with Crippen molar-refractivity contribution < 1.29 is 14.3 Å². The lowest BCUT2D eigenvalue weighted by Gasteiger charge is -2.17. The molecular formula is C16H25FN2O2. The van der Waals surface area contributed by atoms with E-state index >= 15 is 0 Å². The van der Waals surface area contributed by atoms with E-state index in [0.717, 1.165) is 5.56 Å². The van der Waals surface area contributed by atoms with Gasteiger partial charge >= 0.3 is 6.03 Å². The molecule has 0 spiro atoms. The van der Waals surface area contributed by atoms with Gasteiger partial charge < -0.3 is 15.7 Å². The first kappa shape index (κ1) is 17.4. The summed E-state index contributed by atoms with van der Waals surface area (Å²) in [6, 6.07) is 5.90. The quantitative estimate of drug-likeness (QED) is 0.724. The first-order valence-corrected chi connectivity index (χ1v) is 7.33. The molecule has 1 aromatic rings. The van der Waals surface area contributed by atoms with Crippen molar-refractivity contribution in [2.75, 3.05) is 6.54 Å². The van der Waals surface area contributed by atoms with E-state index < -0.39 is 6.10 Å². The number of halogens is 1. The molecule has 0 bridgehead atoms. The van der Waals surface area contributed by atoms with Gasteiger partial charge in [0, 0.05) is 12.6 Å². The number of nitrogens with one attached hydrogen (secondary N) is 2. The summed E-state index contributed by atoms with van der Waals surface area (Å²) in [7, 11) is 0. The number of carbonyl (C=O) groups is 1. The van der Waals surface area contributed by atoms with Gasteiger partial charge in [-0.25, -0.2) is 9.18 Å². The molecule has 2 unspecified atom stereocenters. The Morgan fingerprint density at radius 3 is 2.67 bits per heavy atom. The number of carbonyl (C=O) groups excluding carboxylic acids is 1. The van der Waals surface area contributed by atoms with Crippen molar-refractivity contribution in [2.45, 2.75) is 45.8 Å². The topological polar surface area (TPSA) is 61.4 Å². The molecule has 2 atom stereocenters. The number of hydrogen-bond acceptors (Lipinski definition) is 2. The molecule has 0 radical (unpaired) electrons. The van der Waals surface area contributed by atoms with Crippen LogP contribution in [0.3, 0.4) is 0 Å². The summed E-state index contributed by atoms with van der Waals surface area (Å²) in [5, 5.41) is 15.1. The first-order valence-electron chi connectivity index (χ1n) is 7.33. The average Bonchev–Trinajstić information content (AvgIpc) is 2.35. The zero-order chi connectivity index (χ0) is 15.8. The highest BCUT2D eigenvalue weighted by Crippen LogP contribution is 2.06. The Labute approximate surface area is 125 Å². The second-order valence-electron chi connectivity index (χ2n) is 5.87. The van der Waals surface area contributed by atoms with Crippen LogP contribution in [0.4, 0.5) is 9.18 Å². The van der Waals surface area contributed by atoms with Crippen LogP contribution in [0.1, 0.15) is 32.8 Å². The lowest BCUT2D eigenvalue weighted by atomic mass is 10.1. The Kier molecular flexibility index (Phi) is 7.15. The van der Waals surface area contributed by atoms with Crippen LogP contribution in [0.2, 0.25) is 0 Å². The average molecular weight is 296 g/mol. The minimum Gasteiger partial charge on any atom is -0.391 e. The SMILES string of the molecule is CC(C)CC(O)CNC(=O)NC(C)Cc1cccc(F)c1. The van der Waals surface area contributed by atoms with E-state index in [9.17, 15) is 14.3 Å². The van der Waals surface area contributed by atoms with Crippen molar-refractivity contribution in [2.24, 2.45) is 5.92 Å². The molecule has 4 nitrogen and oxygen atoms in total. The van der Waals surface area contributed by atoms with Gasteiger partial charge in [-0.2, -0.15) is 0 Å². The van der Waals surface area contributed by atoms with E-state index in [1.807, 2.05) is 26.8 Å². The maximum absolute atomic E-state index is 13.1. The summed E-state index contributed by atoms with van der Waals surface area (Å²) >= 11 is 0. The van der Waals surface area contributed by atoms with Crippen LogP contribution < -0.4 is 10.6 Å². The monoisotopic (exact) mass is 296 g/mol. The van der Waals surface area contributed by atoms with Crippen molar-refractivity contribution in [3.63, 3.8) is 0 Å². The van der Waals surface area contributed by atoms with Crippen LogP contribution in [0.5, 0.6) is 0 Å². The summed E-state index contributed by atoms with van der Waals surface area (Å²) in [6.07, 6.45) is 0.674. The molecule has 118 valence electrons. The number of benzene rings is 1. The molecule has 0 saturated carbocycles. The van der Waals surface area contributed by atoms with Crippen molar-refractivity contribution in [3.8, 4) is 0 Å². The predicted octanol–water partition coefficient (Wildman–Crippen LogP) is 2.46. The lowest BCUT2D eigenvalue weighted by Crippen LogP contribution is -2.44. The van der Waals surface area contributed by atoms with Gasteiger partial charge in [0.05, 0.1) is 6.10 Å². The van der Waals surface area contributed by atoms with E-state index in [1.54, 1.807) is 6.07 Å². The molecular weight excluding hydrogens is 271 g/mol. The Morgan fingerprint density at radius 2 is 2.05 bits per heavy atom. The zero-order valence-corrected chi connectivity index (χ0v) is 12.9. The van der Waals surface area contributed by atoms with E-state index in [-0.39, 0.29) is 24.4 Å². The van der Waals surface area contributed by atoms with Crippen LogP contribution in [0, 0.1) is 11.7 Å². The van der Waals surface area contributed by atoms with Crippen molar-refractivity contribution in [3.05, 3.63) is 35.6 Å². The van der Waals surface area contributed by atoms with E-state index in [1.165, 1.54) is 12.1 Å². The number of aliphatic hydroxyl groups is 1. The Balaban J connectivity index is 2.30. The normalized spacial score (nSPS) is 13.8. The molecule has 0 aliphatic rings. The smallest absolute Gasteiger partial charge is 0.315 e. The second kappa shape index (κ2) is 8.62. The standard InChI is InChI=1S/C16H25FN2O2/c1-11(2)7-15(20)10-18-16(21)19-12(3)8-13-5-4-6-14(17)9-13/h4-6,9,11-12,15,20H,7-8,10H2,1-3H3,(H2,18,19,21). The van der Waals surface area contributed by atoms with Gasteiger partial charge in [0.25, 0.3) is 0 Å². The van der Waals surface area contributed by atoms with Crippen LogP contribution in [0.25, 0.3) is 0 Å². The molecule has 0 aromatic heterocycles. The van der Waals surface area contributed by atoms with Gasteiger partial charge in [-0.1, -0.05) is 26.0 Å². The molecule has 0 fully saturated rings. The fourth-order valence-electron chi connectivity index (χ4n) is 2.18. The van der Waals surface area contributed by atoms with Gasteiger partial charge in [0.2, 0.25) is 0 Å². The summed E-state index contributed by atoms with van der Waals surface area (Å²) in [5.74, 6) is 0.109. The number of amides is 2. The molecule has 0 aliphatic carbocycles. The predicted molar refractivity (Wildman–Crippen MR) is 81.6 cm³/mol. The molecule has 1 aromatic carbocycles. The summed E-state index contributed by atoms with van der Waals surface area (Å²) in [4.78, 5) is 11.7. The minimum absolute atomic E-state index is 0.117. The Hall–Kier alpha value is -1.62. The number of urea groups is 1. The van der Waals surface area contributed by atoms with Gasteiger partial charge in [-0.15, -0.1) is 0 Å². The Bertz CT molecular complexity index is 452. The van der Waals surface area contributed by atoms with Gasteiger partial charge in [0.1, 0.15) is 5.82 Å². The van der Waals surface area contributed by atoms with Crippen molar-refractivity contribution in [1.29, 1.82) is 0 Å². The highest BCUT2D eigenvalue weighted by atomic mass is 19.1. The maximum atomic E-state index is 13.1. The maximum Gasteiger partial charge on any atom is 0.315 e. The third-order valence-corrected chi connectivity index (χ3v) is 3.05.